The smallest absolute Gasteiger partial charge is 0.223 e. The van der Waals surface area contributed by atoms with Crippen molar-refractivity contribution in [2.75, 3.05) is 11.9 Å². The number of rotatable bonds is 2. The van der Waals surface area contributed by atoms with Gasteiger partial charge in [-0.2, -0.15) is 0 Å². The molecule has 1 aromatic heterocycles. The first-order valence-electron chi connectivity index (χ1n) is 5.28. The first kappa shape index (κ1) is 10.4. The van der Waals surface area contributed by atoms with Crippen LogP contribution < -0.4 is 5.32 Å². The van der Waals surface area contributed by atoms with Gasteiger partial charge in [0.1, 0.15) is 0 Å². The Labute approximate surface area is 90.1 Å². The van der Waals surface area contributed by atoms with Gasteiger partial charge in [-0.25, -0.2) is 9.97 Å². The van der Waals surface area contributed by atoms with E-state index in [2.05, 4.69) is 29.1 Å². The van der Waals surface area contributed by atoms with Gasteiger partial charge in [-0.05, 0) is 32.8 Å². The number of hydrogen-bond acceptors (Lipinski definition) is 4. The molecule has 2 atom stereocenters. The summed E-state index contributed by atoms with van der Waals surface area (Å²) >= 11 is 0. The van der Waals surface area contributed by atoms with Crippen molar-refractivity contribution < 1.29 is 4.74 Å². The van der Waals surface area contributed by atoms with Crippen LogP contribution in [0.2, 0.25) is 0 Å². The topological polar surface area (TPSA) is 47.0 Å². The van der Waals surface area contributed by atoms with Crippen molar-refractivity contribution in [3.05, 3.63) is 18.0 Å². The van der Waals surface area contributed by atoms with Crippen molar-refractivity contribution in [2.45, 2.75) is 38.8 Å². The summed E-state index contributed by atoms with van der Waals surface area (Å²) in [7, 11) is 0. The van der Waals surface area contributed by atoms with E-state index >= 15 is 0 Å². The van der Waals surface area contributed by atoms with Crippen LogP contribution >= 0.6 is 0 Å². The van der Waals surface area contributed by atoms with E-state index in [1.54, 1.807) is 0 Å². The highest BCUT2D eigenvalue weighted by Crippen LogP contribution is 2.28. The molecule has 1 fully saturated rings. The third-order valence-corrected chi connectivity index (χ3v) is 3.06. The lowest BCUT2D eigenvalue weighted by molar-refractivity contribution is 0.105. The normalized spacial score (nSPS) is 30.5. The number of nitrogens with zero attached hydrogens (tertiary/aromatic N) is 2. The molecule has 2 unspecified atom stereocenters. The van der Waals surface area contributed by atoms with Gasteiger partial charge in [-0.3, -0.25) is 0 Å². The second kappa shape index (κ2) is 3.77. The van der Waals surface area contributed by atoms with E-state index in [1.165, 1.54) is 0 Å². The molecule has 1 saturated heterocycles. The Balaban J connectivity index is 2.11. The van der Waals surface area contributed by atoms with Gasteiger partial charge in [0, 0.05) is 19.0 Å². The molecular formula is C11H17N3O. The van der Waals surface area contributed by atoms with Crippen LogP contribution in [0, 0.1) is 6.92 Å². The number of anilines is 1. The van der Waals surface area contributed by atoms with E-state index in [9.17, 15) is 0 Å². The number of ether oxygens (including phenoxy) is 1. The Morgan fingerprint density at radius 2 is 2.13 bits per heavy atom. The number of aromatic nitrogens is 2. The zero-order valence-corrected chi connectivity index (χ0v) is 9.45. The van der Waals surface area contributed by atoms with Crippen molar-refractivity contribution in [3.8, 4) is 0 Å². The molecule has 1 aromatic rings. The van der Waals surface area contributed by atoms with Gasteiger partial charge >= 0.3 is 0 Å². The molecule has 4 heteroatoms. The molecule has 1 aliphatic rings. The maximum atomic E-state index is 5.55. The monoisotopic (exact) mass is 207 g/mol. The Bertz CT molecular complexity index is 338. The van der Waals surface area contributed by atoms with Gasteiger partial charge in [0.2, 0.25) is 5.95 Å². The van der Waals surface area contributed by atoms with Gasteiger partial charge in [-0.1, -0.05) is 0 Å². The van der Waals surface area contributed by atoms with E-state index in [-0.39, 0.29) is 11.6 Å². The summed E-state index contributed by atoms with van der Waals surface area (Å²) in [5.74, 6) is 0.681. The Kier molecular flexibility index (Phi) is 2.61. The van der Waals surface area contributed by atoms with Gasteiger partial charge in [0.05, 0.1) is 11.6 Å². The molecule has 0 saturated carbocycles. The lowest BCUT2D eigenvalue weighted by Crippen LogP contribution is -2.41. The molecule has 0 bridgehead atoms. The summed E-state index contributed by atoms with van der Waals surface area (Å²) in [5, 5.41) is 3.35. The van der Waals surface area contributed by atoms with E-state index in [1.807, 2.05) is 19.3 Å². The summed E-state index contributed by atoms with van der Waals surface area (Å²) in [6, 6.07) is 0. The number of nitrogens with one attached hydrogen (secondary N) is 1. The minimum atomic E-state index is -0.0464. The zero-order valence-electron chi connectivity index (χ0n) is 9.45. The van der Waals surface area contributed by atoms with Gasteiger partial charge in [0.25, 0.3) is 0 Å². The largest absolute Gasteiger partial charge is 0.376 e. The van der Waals surface area contributed by atoms with Crippen LogP contribution in [0.1, 0.15) is 25.8 Å². The summed E-state index contributed by atoms with van der Waals surface area (Å²) in [5.41, 5.74) is 1.02. The van der Waals surface area contributed by atoms with Crippen molar-refractivity contribution in [2.24, 2.45) is 0 Å². The van der Waals surface area contributed by atoms with E-state index in [4.69, 9.17) is 4.74 Å². The standard InChI is InChI=1S/C11H17N3O/c1-8-6-12-10(13-7-8)14-11(3)4-5-15-9(11)2/h6-7,9H,4-5H2,1-3H3,(H,12,13,14). The molecule has 1 N–H and O–H groups in total. The maximum absolute atomic E-state index is 5.55. The van der Waals surface area contributed by atoms with Crippen LogP contribution in [-0.2, 0) is 4.74 Å². The van der Waals surface area contributed by atoms with Crippen molar-refractivity contribution in [1.82, 2.24) is 9.97 Å². The van der Waals surface area contributed by atoms with Crippen LogP contribution in [0.4, 0.5) is 5.95 Å². The maximum Gasteiger partial charge on any atom is 0.223 e. The van der Waals surface area contributed by atoms with Gasteiger partial charge < -0.3 is 10.1 Å². The first-order valence-corrected chi connectivity index (χ1v) is 5.28. The van der Waals surface area contributed by atoms with Crippen LogP contribution in [0.3, 0.4) is 0 Å². The van der Waals surface area contributed by atoms with Crippen LogP contribution in [0.15, 0.2) is 12.4 Å². The summed E-state index contributed by atoms with van der Waals surface area (Å²) in [6.07, 6.45) is 4.83. The molecule has 1 aliphatic heterocycles. The highest BCUT2D eigenvalue weighted by atomic mass is 16.5. The number of aryl methyl sites for hydroxylation is 1. The average molecular weight is 207 g/mol. The molecule has 15 heavy (non-hydrogen) atoms. The fraction of sp³-hybridized carbons (Fsp3) is 0.636. The summed E-state index contributed by atoms with van der Waals surface area (Å²) in [6.45, 7) is 7.01. The number of hydrogen-bond donors (Lipinski definition) is 1. The van der Waals surface area contributed by atoms with Gasteiger partial charge in [-0.15, -0.1) is 0 Å². The lowest BCUT2D eigenvalue weighted by atomic mass is 9.95. The van der Waals surface area contributed by atoms with Crippen molar-refractivity contribution in [1.29, 1.82) is 0 Å². The Morgan fingerprint density at radius 3 is 2.67 bits per heavy atom. The molecular weight excluding hydrogens is 190 g/mol. The molecule has 2 rings (SSSR count). The lowest BCUT2D eigenvalue weighted by Gasteiger charge is -2.28. The molecule has 0 aliphatic carbocycles. The average Bonchev–Trinajstić information content (AvgIpc) is 2.51. The Morgan fingerprint density at radius 1 is 1.47 bits per heavy atom. The first-order chi connectivity index (χ1) is 7.10. The Hall–Kier alpha value is -1.16. The predicted molar refractivity (Wildman–Crippen MR) is 58.8 cm³/mol. The van der Waals surface area contributed by atoms with Crippen LogP contribution in [0.25, 0.3) is 0 Å². The highest BCUT2D eigenvalue weighted by Gasteiger charge is 2.37. The van der Waals surface area contributed by atoms with E-state index < -0.39 is 0 Å². The second-order valence-electron chi connectivity index (χ2n) is 4.39. The molecule has 0 spiro atoms. The third kappa shape index (κ3) is 2.09. The third-order valence-electron chi connectivity index (χ3n) is 3.06. The van der Waals surface area contributed by atoms with Crippen molar-refractivity contribution >= 4 is 5.95 Å². The quantitative estimate of drug-likeness (QED) is 0.802. The summed E-state index contributed by atoms with van der Waals surface area (Å²) in [4.78, 5) is 8.49. The fourth-order valence-corrected chi connectivity index (χ4v) is 1.71. The molecule has 0 aromatic carbocycles. The predicted octanol–water partition coefficient (Wildman–Crippen LogP) is 1.76. The molecule has 82 valence electrons. The molecule has 0 amide bonds. The van der Waals surface area contributed by atoms with Crippen molar-refractivity contribution in [3.63, 3.8) is 0 Å². The van der Waals surface area contributed by atoms with E-state index in [0.29, 0.717) is 5.95 Å². The molecule has 4 nitrogen and oxygen atoms in total. The fourth-order valence-electron chi connectivity index (χ4n) is 1.71. The zero-order chi connectivity index (χ0) is 10.9. The summed E-state index contributed by atoms with van der Waals surface area (Å²) < 4.78 is 5.55. The van der Waals surface area contributed by atoms with E-state index in [0.717, 1.165) is 18.6 Å². The minimum Gasteiger partial charge on any atom is -0.376 e. The SMILES string of the molecule is Cc1cnc(NC2(C)CCOC2C)nc1. The van der Waals surface area contributed by atoms with Crippen LogP contribution in [-0.4, -0.2) is 28.2 Å². The second-order valence-corrected chi connectivity index (χ2v) is 4.39. The molecule has 0 radical (unpaired) electrons. The highest BCUT2D eigenvalue weighted by molar-refractivity contribution is 5.30. The van der Waals surface area contributed by atoms with Crippen LogP contribution in [0.5, 0.6) is 0 Å². The minimum absolute atomic E-state index is 0.0464. The van der Waals surface area contributed by atoms with Gasteiger partial charge in [0.15, 0.2) is 0 Å². The molecule has 2 heterocycles.